The van der Waals surface area contributed by atoms with Crippen molar-refractivity contribution in [1.29, 1.82) is 0 Å². The molecule has 3 N–H and O–H groups in total. The summed E-state index contributed by atoms with van der Waals surface area (Å²) in [6.45, 7) is -0.410. The van der Waals surface area contributed by atoms with E-state index in [2.05, 4.69) is 5.32 Å². The van der Waals surface area contributed by atoms with Crippen molar-refractivity contribution in [3.63, 3.8) is 0 Å². The maximum Gasteiger partial charge on any atom is 0.247 e. The number of hydrogen-bond donors (Lipinski definition) is 3. The highest BCUT2D eigenvalue weighted by atomic mass is 19.1. The van der Waals surface area contributed by atoms with Crippen LogP contribution in [0.3, 0.4) is 0 Å². The van der Waals surface area contributed by atoms with Crippen molar-refractivity contribution in [2.45, 2.75) is 37.1 Å². The molecule has 11 heteroatoms. The van der Waals surface area contributed by atoms with Gasteiger partial charge in [-0.2, -0.15) is 0 Å². The van der Waals surface area contributed by atoms with Gasteiger partial charge in [-0.1, -0.05) is 18.2 Å². The number of fused-ring (bicyclic) bond motifs is 3. The number of halogens is 1. The van der Waals surface area contributed by atoms with Gasteiger partial charge in [-0.3, -0.25) is 14.4 Å². The van der Waals surface area contributed by atoms with E-state index in [1.165, 1.54) is 49.5 Å². The van der Waals surface area contributed by atoms with Crippen molar-refractivity contribution in [2.75, 3.05) is 34.0 Å². The van der Waals surface area contributed by atoms with Gasteiger partial charge in [0, 0.05) is 42.5 Å². The molecule has 4 rings (SSSR count). The Bertz CT molecular complexity index is 1270. The third kappa shape index (κ3) is 5.65. The first-order valence-electron chi connectivity index (χ1n) is 12.5. The minimum absolute atomic E-state index is 0.0299. The summed E-state index contributed by atoms with van der Waals surface area (Å²) in [5.41, 5.74) is 1.16. The van der Waals surface area contributed by atoms with Crippen LogP contribution in [-0.4, -0.2) is 85.4 Å². The molecule has 0 aromatic heterocycles. The number of rotatable bonds is 11. The van der Waals surface area contributed by atoms with E-state index < -0.39 is 41.8 Å². The van der Waals surface area contributed by atoms with Gasteiger partial charge in [0.15, 0.2) is 11.5 Å². The molecule has 0 saturated heterocycles. The molecule has 1 heterocycles. The quantitative estimate of drug-likeness (QED) is 0.362. The zero-order valence-corrected chi connectivity index (χ0v) is 21.6. The normalized spacial score (nSPS) is 21.2. The summed E-state index contributed by atoms with van der Waals surface area (Å²) in [5.74, 6) is -1.77. The Morgan fingerprint density at radius 2 is 2.00 bits per heavy atom. The second-order valence-corrected chi connectivity index (χ2v) is 9.26. The smallest absolute Gasteiger partial charge is 0.247 e. The van der Waals surface area contributed by atoms with Crippen LogP contribution < -0.4 is 14.8 Å². The molecule has 0 bridgehead atoms. The van der Waals surface area contributed by atoms with Gasteiger partial charge in [0.05, 0.1) is 38.7 Å². The molecule has 0 fully saturated rings. The second kappa shape index (κ2) is 12.4. The van der Waals surface area contributed by atoms with Crippen LogP contribution in [0.4, 0.5) is 4.39 Å². The van der Waals surface area contributed by atoms with Gasteiger partial charge >= 0.3 is 0 Å². The number of aliphatic hydroxyl groups is 2. The van der Waals surface area contributed by atoms with Crippen molar-refractivity contribution in [3.8, 4) is 11.5 Å². The van der Waals surface area contributed by atoms with Crippen LogP contribution in [0.5, 0.6) is 11.5 Å². The van der Waals surface area contributed by atoms with Crippen molar-refractivity contribution in [1.82, 2.24) is 10.2 Å². The number of hydrogen-bond acceptors (Lipinski definition) is 8. The van der Waals surface area contributed by atoms with Gasteiger partial charge in [-0.05, 0) is 24.3 Å². The summed E-state index contributed by atoms with van der Waals surface area (Å²) >= 11 is 0. The molecule has 4 unspecified atom stereocenters. The number of ether oxygens (including phenoxy) is 3. The number of amides is 2. The summed E-state index contributed by atoms with van der Waals surface area (Å²) in [4.78, 5) is 39.6. The number of nitrogens with one attached hydrogen (secondary N) is 1. The third-order valence-corrected chi connectivity index (χ3v) is 6.91. The average Bonchev–Trinajstić information content (AvgIpc) is 3.34. The van der Waals surface area contributed by atoms with Gasteiger partial charge in [0.2, 0.25) is 11.8 Å². The average molecular weight is 543 g/mol. The summed E-state index contributed by atoms with van der Waals surface area (Å²) in [6.07, 6.45) is -0.293. The van der Waals surface area contributed by atoms with Crippen molar-refractivity contribution in [2.24, 2.45) is 0 Å². The number of nitrogens with zero attached hydrogens (tertiary/aromatic N) is 1. The summed E-state index contributed by atoms with van der Waals surface area (Å²) in [5, 5.41) is 23.5. The fourth-order valence-corrected chi connectivity index (χ4v) is 5.06. The van der Waals surface area contributed by atoms with Crippen LogP contribution >= 0.6 is 0 Å². The zero-order valence-electron chi connectivity index (χ0n) is 21.6. The van der Waals surface area contributed by atoms with E-state index in [1.807, 2.05) is 0 Å². The molecule has 0 radical (unpaired) electrons. The molecule has 1 aliphatic carbocycles. The first kappa shape index (κ1) is 28.2. The third-order valence-electron chi connectivity index (χ3n) is 6.91. The van der Waals surface area contributed by atoms with Crippen molar-refractivity contribution in [3.05, 3.63) is 70.6 Å². The van der Waals surface area contributed by atoms with Crippen LogP contribution in [0.2, 0.25) is 0 Å². The molecule has 1 aliphatic heterocycles. The van der Waals surface area contributed by atoms with Gasteiger partial charge in [0.1, 0.15) is 24.3 Å². The van der Waals surface area contributed by atoms with Crippen LogP contribution in [0.15, 0.2) is 48.0 Å². The lowest BCUT2D eigenvalue weighted by atomic mass is 9.77. The van der Waals surface area contributed by atoms with Crippen molar-refractivity contribution < 1.29 is 43.2 Å². The Balaban J connectivity index is 1.82. The summed E-state index contributed by atoms with van der Waals surface area (Å²) in [7, 11) is 2.85. The molecule has 2 aromatic carbocycles. The molecule has 4 atom stereocenters. The summed E-state index contributed by atoms with van der Waals surface area (Å²) in [6, 6.07) is 7.96. The van der Waals surface area contributed by atoms with E-state index in [-0.39, 0.29) is 60.9 Å². The van der Waals surface area contributed by atoms with Crippen LogP contribution in [0.25, 0.3) is 0 Å². The lowest BCUT2D eigenvalue weighted by molar-refractivity contribution is -0.139. The maximum atomic E-state index is 14.6. The minimum Gasteiger partial charge on any atom is -0.493 e. The Morgan fingerprint density at radius 3 is 2.67 bits per heavy atom. The summed E-state index contributed by atoms with van der Waals surface area (Å²) < 4.78 is 31.2. The van der Waals surface area contributed by atoms with Gasteiger partial charge < -0.3 is 34.6 Å². The van der Waals surface area contributed by atoms with E-state index in [0.29, 0.717) is 11.8 Å². The monoisotopic (exact) mass is 542 g/mol. The molecule has 39 heavy (non-hydrogen) atoms. The number of aliphatic hydroxyl groups excluding tert-OH is 2. The predicted octanol–water partition coefficient (Wildman–Crippen LogP) is 1.33. The topological polar surface area (TPSA) is 135 Å². The highest BCUT2D eigenvalue weighted by Crippen LogP contribution is 2.51. The fraction of sp³-hybridized carbons (Fsp3) is 0.393. The van der Waals surface area contributed by atoms with Crippen molar-refractivity contribution >= 4 is 18.1 Å². The Kier molecular flexibility index (Phi) is 8.95. The van der Waals surface area contributed by atoms with E-state index in [0.717, 1.165) is 0 Å². The van der Waals surface area contributed by atoms with E-state index in [1.54, 1.807) is 12.1 Å². The van der Waals surface area contributed by atoms with E-state index in [9.17, 15) is 29.0 Å². The predicted molar refractivity (Wildman–Crippen MR) is 137 cm³/mol. The molecule has 2 amide bonds. The Morgan fingerprint density at radius 1 is 1.23 bits per heavy atom. The van der Waals surface area contributed by atoms with Crippen LogP contribution in [0, 0.1) is 5.82 Å². The zero-order chi connectivity index (χ0) is 28.1. The molecule has 2 aliphatic rings. The first-order valence-corrected chi connectivity index (χ1v) is 12.5. The molecule has 2 aromatic rings. The van der Waals surface area contributed by atoms with Gasteiger partial charge in [-0.25, -0.2) is 4.39 Å². The molecular formula is C28H31FN2O8. The highest BCUT2D eigenvalue weighted by molar-refractivity contribution is 5.96. The Labute approximate surface area is 225 Å². The lowest BCUT2D eigenvalue weighted by Crippen LogP contribution is -2.55. The standard InChI is InChI=1S/C28H31FN2O8/c1-37-10-7-23(34)31(14-17-5-3-4-6-20(17)29)21-13-19(28(36)30-8-9-32)24-18-11-16(15-33)12-22(38-2)26(18)39-27(24)25(21)35/h3-6,11-13,15,21,24-25,27,32,35H,7-10,14H2,1-2H3,(H,30,36). The molecule has 10 nitrogen and oxygen atoms in total. The largest absolute Gasteiger partial charge is 0.493 e. The first-order chi connectivity index (χ1) is 18.8. The van der Waals surface area contributed by atoms with E-state index in [4.69, 9.17) is 14.2 Å². The second-order valence-electron chi connectivity index (χ2n) is 9.26. The van der Waals surface area contributed by atoms with E-state index >= 15 is 0 Å². The SMILES string of the molecule is COCCC(=O)N(Cc1ccccc1F)C1C=C(C(=O)NCCO)C2c3cc(C=O)cc(OC)c3OC2C1O. The number of benzene rings is 2. The van der Waals surface area contributed by atoms with Crippen LogP contribution in [0.1, 0.15) is 33.8 Å². The Hall–Kier alpha value is -3.80. The molecule has 0 saturated carbocycles. The lowest BCUT2D eigenvalue weighted by Gasteiger charge is -2.40. The fourth-order valence-electron chi connectivity index (χ4n) is 5.06. The number of aldehydes is 1. The number of methoxy groups -OCH3 is 2. The molecule has 0 spiro atoms. The highest BCUT2D eigenvalue weighted by Gasteiger charge is 2.51. The maximum absolute atomic E-state index is 14.6. The number of carbonyl (C=O) groups is 3. The van der Waals surface area contributed by atoms with Gasteiger partial charge in [-0.15, -0.1) is 0 Å². The van der Waals surface area contributed by atoms with Crippen LogP contribution in [-0.2, 0) is 20.9 Å². The molecular weight excluding hydrogens is 511 g/mol. The number of carbonyl (C=O) groups excluding carboxylic acids is 3. The molecule has 208 valence electrons. The van der Waals surface area contributed by atoms with Gasteiger partial charge in [0.25, 0.3) is 0 Å². The minimum atomic E-state index is -1.33.